The molecule has 8 heteroatoms. The molecule has 2 heterocycles. The van der Waals surface area contributed by atoms with Crippen LogP contribution in [0.2, 0.25) is 0 Å². The van der Waals surface area contributed by atoms with Gasteiger partial charge in [-0.15, -0.1) is 11.8 Å². The standard InChI is InChI=1S/C18H21N5OS2/c1-4-10-19-16(24)12(2)26-18-21-15-14(17(22-18)25-3)11-20-23(15)13-8-6-5-7-9-13/h5-9,11-12H,4,10H2,1-3H3,(H,19,24). The molecule has 0 aliphatic rings. The van der Waals surface area contributed by atoms with Crippen molar-refractivity contribution in [3.63, 3.8) is 0 Å². The lowest BCUT2D eigenvalue weighted by molar-refractivity contribution is -0.120. The maximum Gasteiger partial charge on any atom is 0.233 e. The molecule has 1 amide bonds. The lowest BCUT2D eigenvalue weighted by Crippen LogP contribution is -2.31. The van der Waals surface area contributed by atoms with E-state index >= 15 is 0 Å². The molecule has 2 aromatic heterocycles. The Bertz CT molecular complexity index is 897. The number of hydrogen-bond acceptors (Lipinski definition) is 6. The SMILES string of the molecule is CCCNC(=O)C(C)Sc1nc(SC)c2cnn(-c3ccccc3)c2n1. The number of thioether (sulfide) groups is 2. The molecule has 0 aliphatic heterocycles. The summed E-state index contributed by atoms with van der Waals surface area (Å²) in [5.41, 5.74) is 1.69. The molecule has 0 fully saturated rings. The van der Waals surface area contributed by atoms with Crippen molar-refractivity contribution < 1.29 is 4.79 Å². The van der Waals surface area contributed by atoms with Crippen molar-refractivity contribution in [3.05, 3.63) is 36.5 Å². The van der Waals surface area contributed by atoms with E-state index in [0.717, 1.165) is 28.2 Å². The molecule has 0 spiro atoms. The summed E-state index contributed by atoms with van der Waals surface area (Å²) < 4.78 is 1.81. The summed E-state index contributed by atoms with van der Waals surface area (Å²) in [7, 11) is 0. The van der Waals surface area contributed by atoms with Gasteiger partial charge in [-0.1, -0.05) is 36.9 Å². The predicted molar refractivity (Wildman–Crippen MR) is 107 cm³/mol. The van der Waals surface area contributed by atoms with Crippen LogP contribution in [0.4, 0.5) is 0 Å². The van der Waals surface area contributed by atoms with Crippen molar-refractivity contribution in [2.24, 2.45) is 0 Å². The van der Waals surface area contributed by atoms with Gasteiger partial charge in [0.25, 0.3) is 0 Å². The van der Waals surface area contributed by atoms with Gasteiger partial charge in [0, 0.05) is 6.54 Å². The molecule has 26 heavy (non-hydrogen) atoms. The highest BCUT2D eigenvalue weighted by molar-refractivity contribution is 8.00. The number of carbonyl (C=O) groups excluding carboxylic acids is 1. The molecule has 1 N–H and O–H groups in total. The molecule has 0 bridgehead atoms. The third-order valence-corrected chi connectivity index (χ3v) is 5.43. The Balaban J connectivity index is 1.95. The van der Waals surface area contributed by atoms with Gasteiger partial charge in [-0.25, -0.2) is 14.6 Å². The second-order valence-electron chi connectivity index (χ2n) is 5.70. The first-order valence-electron chi connectivity index (χ1n) is 8.43. The minimum atomic E-state index is -0.262. The zero-order valence-corrected chi connectivity index (χ0v) is 16.6. The highest BCUT2D eigenvalue weighted by Crippen LogP contribution is 2.29. The van der Waals surface area contributed by atoms with E-state index < -0.39 is 0 Å². The van der Waals surface area contributed by atoms with Gasteiger partial charge in [0.05, 0.1) is 22.5 Å². The molecule has 0 radical (unpaired) electrons. The maximum absolute atomic E-state index is 12.2. The van der Waals surface area contributed by atoms with Crippen LogP contribution in [-0.4, -0.2) is 43.7 Å². The first-order chi connectivity index (χ1) is 12.6. The fourth-order valence-corrected chi connectivity index (χ4v) is 3.82. The third kappa shape index (κ3) is 4.02. The molecular formula is C18H21N5OS2. The van der Waals surface area contributed by atoms with Crippen LogP contribution in [0.1, 0.15) is 20.3 Å². The first-order valence-corrected chi connectivity index (χ1v) is 10.5. The van der Waals surface area contributed by atoms with Crippen molar-refractivity contribution >= 4 is 40.5 Å². The fraction of sp³-hybridized carbons (Fsp3) is 0.333. The number of nitrogens with one attached hydrogen (secondary N) is 1. The number of hydrogen-bond donors (Lipinski definition) is 1. The highest BCUT2D eigenvalue weighted by atomic mass is 32.2. The smallest absolute Gasteiger partial charge is 0.233 e. The average Bonchev–Trinajstić information content (AvgIpc) is 3.10. The van der Waals surface area contributed by atoms with Crippen molar-refractivity contribution in [2.75, 3.05) is 12.8 Å². The zero-order chi connectivity index (χ0) is 18.5. The molecule has 6 nitrogen and oxygen atoms in total. The Morgan fingerprint density at radius 1 is 1.27 bits per heavy atom. The monoisotopic (exact) mass is 387 g/mol. The van der Waals surface area contributed by atoms with Crippen LogP contribution in [-0.2, 0) is 4.79 Å². The number of benzene rings is 1. The minimum absolute atomic E-state index is 0.00261. The van der Waals surface area contributed by atoms with Crippen molar-refractivity contribution in [1.29, 1.82) is 0 Å². The molecule has 1 unspecified atom stereocenters. The molecule has 3 aromatic rings. The van der Waals surface area contributed by atoms with Crippen LogP contribution in [0.25, 0.3) is 16.7 Å². The second-order valence-corrected chi connectivity index (χ2v) is 7.80. The third-order valence-electron chi connectivity index (χ3n) is 3.77. The number of fused-ring (bicyclic) bond motifs is 1. The van der Waals surface area contributed by atoms with E-state index in [9.17, 15) is 4.79 Å². The van der Waals surface area contributed by atoms with E-state index in [1.54, 1.807) is 18.0 Å². The maximum atomic E-state index is 12.2. The molecular weight excluding hydrogens is 366 g/mol. The minimum Gasteiger partial charge on any atom is -0.355 e. The van der Waals surface area contributed by atoms with Crippen molar-refractivity contribution in [3.8, 4) is 5.69 Å². The Kier molecular flexibility index (Phi) is 6.16. The van der Waals surface area contributed by atoms with E-state index in [1.807, 2.05) is 55.1 Å². The summed E-state index contributed by atoms with van der Waals surface area (Å²) in [6.45, 7) is 4.58. The number of carbonyl (C=O) groups is 1. The van der Waals surface area contributed by atoms with Gasteiger partial charge in [-0.2, -0.15) is 5.10 Å². The summed E-state index contributed by atoms with van der Waals surface area (Å²) in [6, 6.07) is 9.88. The van der Waals surface area contributed by atoms with Gasteiger partial charge in [0.1, 0.15) is 5.03 Å². The summed E-state index contributed by atoms with van der Waals surface area (Å²) >= 11 is 2.92. The second kappa shape index (κ2) is 8.55. The van der Waals surface area contributed by atoms with Gasteiger partial charge < -0.3 is 5.32 Å². The first kappa shape index (κ1) is 18.7. The topological polar surface area (TPSA) is 72.7 Å². The van der Waals surface area contributed by atoms with Gasteiger partial charge in [-0.05, 0) is 31.7 Å². The molecule has 0 aliphatic carbocycles. The zero-order valence-electron chi connectivity index (χ0n) is 15.0. The number of para-hydroxylation sites is 1. The molecule has 3 rings (SSSR count). The van der Waals surface area contributed by atoms with E-state index in [4.69, 9.17) is 0 Å². The van der Waals surface area contributed by atoms with E-state index in [2.05, 4.69) is 20.4 Å². The van der Waals surface area contributed by atoms with Gasteiger partial charge in [0.15, 0.2) is 10.8 Å². The predicted octanol–water partition coefficient (Wildman–Crippen LogP) is 3.54. The lowest BCUT2D eigenvalue weighted by atomic mass is 10.3. The number of rotatable bonds is 7. The lowest BCUT2D eigenvalue weighted by Gasteiger charge is -2.11. The van der Waals surface area contributed by atoms with Crippen LogP contribution in [0.3, 0.4) is 0 Å². The van der Waals surface area contributed by atoms with Crippen LogP contribution < -0.4 is 5.32 Å². The fourth-order valence-electron chi connectivity index (χ4n) is 2.43. The average molecular weight is 388 g/mol. The molecule has 136 valence electrons. The summed E-state index contributed by atoms with van der Waals surface area (Å²) in [5.74, 6) is 0.00261. The van der Waals surface area contributed by atoms with Gasteiger partial charge in [-0.3, -0.25) is 4.79 Å². The molecule has 1 atom stereocenters. The summed E-state index contributed by atoms with van der Waals surface area (Å²) in [6.07, 6.45) is 4.69. The largest absolute Gasteiger partial charge is 0.355 e. The Morgan fingerprint density at radius 2 is 2.04 bits per heavy atom. The number of aromatic nitrogens is 4. The molecule has 0 saturated heterocycles. The summed E-state index contributed by atoms with van der Waals surface area (Å²) in [5, 5.41) is 9.49. The van der Waals surface area contributed by atoms with Crippen molar-refractivity contribution in [2.45, 2.75) is 35.7 Å². The Hall–Kier alpha value is -2.06. The van der Waals surface area contributed by atoms with Crippen LogP contribution in [0.15, 0.2) is 46.7 Å². The Morgan fingerprint density at radius 3 is 2.73 bits per heavy atom. The Labute approximate surface area is 161 Å². The number of amides is 1. The van der Waals surface area contributed by atoms with Crippen LogP contribution in [0, 0.1) is 0 Å². The molecule has 0 saturated carbocycles. The van der Waals surface area contributed by atoms with Gasteiger partial charge >= 0.3 is 0 Å². The highest BCUT2D eigenvalue weighted by Gasteiger charge is 2.19. The van der Waals surface area contributed by atoms with E-state index in [-0.39, 0.29) is 11.2 Å². The quantitative estimate of drug-likeness (QED) is 0.380. The van der Waals surface area contributed by atoms with Gasteiger partial charge in [0.2, 0.25) is 5.91 Å². The number of nitrogens with zero attached hydrogens (tertiary/aromatic N) is 4. The summed E-state index contributed by atoms with van der Waals surface area (Å²) in [4.78, 5) is 21.4. The van der Waals surface area contributed by atoms with Crippen LogP contribution in [0.5, 0.6) is 0 Å². The van der Waals surface area contributed by atoms with E-state index in [1.165, 1.54) is 11.8 Å². The van der Waals surface area contributed by atoms with E-state index in [0.29, 0.717) is 11.7 Å². The van der Waals surface area contributed by atoms with Crippen molar-refractivity contribution in [1.82, 2.24) is 25.1 Å². The normalized spacial score (nSPS) is 12.3. The van der Waals surface area contributed by atoms with Crippen LogP contribution >= 0.6 is 23.5 Å². The molecule has 1 aromatic carbocycles.